The highest BCUT2D eigenvalue weighted by Gasteiger charge is 2.24. The van der Waals surface area contributed by atoms with Gasteiger partial charge in [0, 0.05) is 6.04 Å². The summed E-state index contributed by atoms with van der Waals surface area (Å²) in [5, 5.41) is 12.2. The molecule has 1 aliphatic rings. The number of H-pyrrole nitrogens is 1. The van der Waals surface area contributed by atoms with Crippen LogP contribution in [0.4, 0.5) is 0 Å². The fraction of sp³-hybridized carbons (Fsp3) is 0.412. The molecule has 1 aliphatic heterocycles. The SMILES string of the molecule is CCC1CCCN1Cc1nc2c([nH]c(=O)c3cccc(O)c32)s1. The molecule has 0 bridgehead atoms. The Morgan fingerprint density at radius 1 is 1.48 bits per heavy atom. The Kier molecular flexibility index (Phi) is 3.58. The molecule has 2 N–H and O–H groups in total. The first-order chi connectivity index (χ1) is 11.2. The summed E-state index contributed by atoms with van der Waals surface area (Å²) in [5.41, 5.74) is 0.524. The van der Waals surface area contributed by atoms with Gasteiger partial charge in [0.15, 0.2) is 0 Å². The molecule has 0 spiro atoms. The second kappa shape index (κ2) is 5.62. The Morgan fingerprint density at radius 3 is 3.17 bits per heavy atom. The van der Waals surface area contributed by atoms with Crippen molar-refractivity contribution in [2.24, 2.45) is 0 Å². The van der Waals surface area contributed by atoms with Crippen molar-refractivity contribution in [1.82, 2.24) is 14.9 Å². The van der Waals surface area contributed by atoms with Gasteiger partial charge in [0.05, 0.1) is 17.3 Å². The number of phenols is 1. The van der Waals surface area contributed by atoms with Crippen LogP contribution >= 0.6 is 11.3 Å². The number of nitrogens with zero attached hydrogens (tertiary/aromatic N) is 2. The van der Waals surface area contributed by atoms with Gasteiger partial charge in [-0.3, -0.25) is 9.69 Å². The average Bonchev–Trinajstić information content (AvgIpc) is 3.14. The number of aromatic nitrogens is 2. The third-order valence-electron chi connectivity index (χ3n) is 4.73. The Bertz CT molecular complexity index is 931. The van der Waals surface area contributed by atoms with Crippen LogP contribution < -0.4 is 5.56 Å². The molecule has 0 radical (unpaired) electrons. The Labute approximate surface area is 137 Å². The largest absolute Gasteiger partial charge is 0.507 e. The van der Waals surface area contributed by atoms with Crippen molar-refractivity contribution in [3.05, 3.63) is 33.6 Å². The lowest BCUT2D eigenvalue weighted by atomic mass is 10.1. The van der Waals surface area contributed by atoms with Crippen LogP contribution in [0.2, 0.25) is 0 Å². The normalized spacial score (nSPS) is 19.1. The fourth-order valence-corrected chi connectivity index (χ4v) is 4.57. The van der Waals surface area contributed by atoms with Gasteiger partial charge in [0.25, 0.3) is 5.56 Å². The molecule has 1 atom stereocenters. The number of thiazole rings is 1. The molecule has 0 aliphatic carbocycles. The molecule has 0 amide bonds. The summed E-state index contributed by atoms with van der Waals surface area (Å²) in [7, 11) is 0. The van der Waals surface area contributed by atoms with Crippen LogP contribution in [0.3, 0.4) is 0 Å². The Hall–Kier alpha value is -1.92. The van der Waals surface area contributed by atoms with Crippen LogP contribution in [0.5, 0.6) is 5.75 Å². The van der Waals surface area contributed by atoms with E-state index in [0.717, 1.165) is 29.3 Å². The third-order valence-corrected chi connectivity index (χ3v) is 5.69. The number of aromatic amines is 1. The number of rotatable bonds is 3. The van der Waals surface area contributed by atoms with E-state index in [-0.39, 0.29) is 11.3 Å². The minimum absolute atomic E-state index is 0.114. The van der Waals surface area contributed by atoms with E-state index in [1.807, 2.05) is 0 Å². The van der Waals surface area contributed by atoms with Crippen LogP contribution in [0, 0.1) is 0 Å². The monoisotopic (exact) mass is 329 g/mol. The molecule has 120 valence electrons. The van der Waals surface area contributed by atoms with Crippen LogP contribution in [-0.2, 0) is 6.54 Å². The van der Waals surface area contributed by atoms with Crippen LogP contribution in [0.25, 0.3) is 21.1 Å². The standard InChI is InChI=1S/C17H19N3O2S/c1-2-10-5-4-8-20(10)9-13-18-15-14-11(6-3-7-12(14)21)16(22)19-17(15)23-13/h3,6-7,10,21H,2,4-5,8-9H2,1H3,(H,19,22). The minimum Gasteiger partial charge on any atom is -0.507 e. The lowest BCUT2D eigenvalue weighted by Crippen LogP contribution is -2.28. The summed E-state index contributed by atoms with van der Waals surface area (Å²) in [6, 6.07) is 5.64. The molecule has 0 saturated carbocycles. The van der Waals surface area contributed by atoms with E-state index in [0.29, 0.717) is 22.3 Å². The Balaban J connectivity index is 1.82. The predicted octanol–water partition coefficient (Wildman–Crippen LogP) is 3.22. The van der Waals surface area contributed by atoms with Crippen molar-refractivity contribution in [3.63, 3.8) is 0 Å². The predicted molar refractivity (Wildman–Crippen MR) is 93.1 cm³/mol. The maximum atomic E-state index is 12.2. The van der Waals surface area contributed by atoms with Crippen molar-refractivity contribution in [3.8, 4) is 5.75 Å². The molecule has 3 heterocycles. The van der Waals surface area contributed by atoms with E-state index in [1.54, 1.807) is 18.2 Å². The molecule has 3 aromatic rings. The van der Waals surface area contributed by atoms with Gasteiger partial charge in [-0.2, -0.15) is 0 Å². The number of fused-ring (bicyclic) bond motifs is 3. The van der Waals surface area contributed by atoms with E-state index in [1.165, 1.54) is 24.2 Å². The average molecular weight is 329 g/mol. The van der Waals surface area contributed by atoms with Gasteiger partial charge in [0.2, 0.25) is 0 Å². The lowest BCUT2D eigenvalue weighted by molar-refractivity contribution is 0.240. The van der Waals surface area contributed by atoms with E-state index in [2.05, 4.69) is 16.8 Å². The number of pyridine rings is 1. The highest BCUT2D eigenvalue weighted by atomic mass is 32.1. The number of aromatic hydroxyl groups is 1. The quantitative estimate of drug-likeness (QED) is 0.774. The van der Waals surface area contributed by atoms with Gasteiger partial charge in [0.1, 0.15) is 21.1 Å². The van der Waals surface area contributed by atoms with Gasteiger partial charge in [-0.15, -0.1) is 0 Å². The highest BCUT2D eigenvalue weighted by Crippen LogP contribution is 2.32. The molecule has 1 unspecified atom stereocenters. The molecule has 4 rings (SSSR count). The van der Waals surface area contributed by atoms with Crippen molar-refractivity contribution in [1.29, 1.82) is 0 Å². The number of benzene rings is 1. The maximum absolute atomic E-state index is 12.2. The number of hydrogen-bond donors (Lipinski definition) is 2. The first-order valence-electron chi connectivity index (χ1n) is 8.05. The molecule has 2 aromatic heterocycles. The van der Waals surface area contributed by atoms with E-state index in [9.17, 15) is 9.90 Å². The topological polar surface area (TPSA) is 69.2 Å². The summed E-state index contributed by atoms with van der Waals surface area (Å²) in [4.78, 5) is 23.0. The Morgan fingerprint density at radius 2 is 2.35 bits per heavy atom. The minimum atomic E-state index is -0.175. The zero-order chi connectivity index (χ0) is 16.0. The van der Waals surface area contributed by atoms with Gasteiger partial charge < -0.3 is 10.1 Å². The molecule has 1 saturated heterocycles. The number of phenolic OH excluding ortho intramolecular Hbond substituents is 1. The summed E-state index contributed by atoms with van der Waals surface area (Å²) >= 11 is 1.51. The maximum Gasteiger partial charge on any atom is 0.257 e. The van der Waals surface area contributed by atoms with E-state index >= 15 is 0 Å². The molecule has 6 heteroatoms. The highest BCUT2D eigenvalue weighted by molar-refractivity contribution is 7.18. The zero-order valence-electron chi connectivity index (χ0n) is 13.0. The van der Waals surface area contributed by atoms with Crippen LogP contribution in [0.15, 0.2) is 23.0 Å². The van der Waals surface area contributed by atoms with E-state index < -0.39 is 0 Å². The zero-order valence-corrected chi connectivity index (χ0v) is 13.8. The smallest absolute Gasteiger partial charge is 0.257 e. The molecule has 5 nitrogen and oxygen atoms in total. The van der Waals surface area contributed by atoms with Crippen molar-refractivity contribution < 1.29 is 5.11 Å². The van der Waals surface area contributed by atoms with Crippen molar-refractivity contribution >= 4 is 32.5 Å². The van der Waals surface area contributed by atoms with Gasteiger partial charge in [-0.1, -0.05) is 24.3 Å². The molecule has 23 heavy (non-hydrogen) atoms. The molecule has 1 fully saturated rings. The first-order valence-corrected chi connectivity index (χ1v) is 8.86. The van der Waals surface area contributed by atoms with Crippen LogP contribution in [0.1, 0.15) is 31.2 Å². The van der Waals surface area contributed by atoms with E-state index in [4.69, 9.17) is 4.98 Å². The first kappa shape index (κ1) is 14.7. The summed E-state index contributed by atoms with van der Waals surface area (Å²) in [5.74, 6) is 0.114. The van der Waals surface area contributed by atoms with Crippen molar-refractivity contribution in [2.75, 3.05) is 6.54 Å². The van der Waals surface area contributed by atoms with Gasteiger partial charge >= 0.3 is 0 Å². The number of likely N-dealkylation sites (tertiary alicyclic amines) is 1. The van der Waals surface area contributed by atoms with Gasteiger partial charge in [-0.05, 0) is 37.9 Å². The summed E-state index contributed by atoms with van der Waals surface area (Å²) < 4.78 is 0. The van der Waals surface area contributed by atoms with Crippen LogP contribution in [-0.4, -0.2) is 32.6 Å². The lowest BCUT2D eigenvalue weighted by Gasteiger charge is -2.21. The number of nitrogens with one attached hydrogen (secondary N) is 1. The van der Waals surface area contributed by atoms with Crippen molar-refractivity contribution in [2.45, 2.75) is 38.8 Å². The van der Waals surface area contributed by atoms with Gasteiger partial charge in [-0.25, -0.2) is 4.98 Å². The second-order valence-electron chi connectivity index (χ2n) is 6.11. The summed E-state index contributed by atoms with van der Waals surface area (Å²) in [6.45, 7) is 4.15. The molecular weight excluding hydrogens is 310 g/mol. The molecular formula is C17H19N3O2S. The fourth-order valence-electron chi connectivity index (χ4n) is 3.57. The molecule has 1 aromatic carbocycles. The second-order valence-corrected chi connectivity index (χ2v) is 7.20. The number of hydrogen-bond acceptors (Lipinski definition) is 5. The summed E-state index contributed by atoms with van der Waals surface area (Å²) in [6.07, 6.45) is 3.65. The third kappa shape index (κ3) is 2.42.